The average Bonchev–Trinajstić information content (AvgIpc) is 2.37. The van der Waals surface area contributed by atoms with Crippen LogP contribution in [-0.4, -0.2) is 34.3 Å². The van der Waals surface area contributed by atoms with Crippen LogP contribution >= 0.6 is 11.6 Å². The summed E-state index contributed by atoms with van der Waals surface area (Å²) < 4.78 is 0. The molecule has 1 aliphatic rings. The van der Waals surface area contributed by atoms with Crippen LogP contribution in [0.5, 0.6) is 0 Å². The number of nitrogens with one attached hydrogen (secondary N) is 1. The molecule has 0 spiro atoms. The first kappa shape index (κ1) is 14.2. The van der Waals surface area contributed by atoms with Gasteiger partial charge in [0.15, 0.2) is 0 Å². The predicted molar refractivity (Wildman–Crippen MR) is 70.5 cm³/mol. The molecule has 0 radical (unpaired) electrons. The molecule has 0 bridgehead atoms. The van der Waals surface area contributed by atoms with Crippen LogP contribution < -0.4 is 10.2 Å². The minimum atomic E-state index is -0.613. The Bertz CT molecular complexity index is 592. The van der Waals surface area contributed by atoms with Gasteiger partial charge in [-0.1, -0.05) is 18.5 Å². The van der Waals surface area contributed by atoms with E-state index in [4.69, 9.17) is 11.6 Å². The average molecular weight is 299 g/mol. The number of nitrogens with zero attached hydrogens (tertiary/aromatic N) is 3. The van der Waals surface area contributed by atoms with Crippen molar-refractivity contribution < 1.29 is 14.5 Å². The largest absolute Gasteiger partial charge is 0.335 e. The summed E-state index contributed by atoms with van der Waals surface area (Å²) in [5.41, 5.74) is -0.242. The zero-order valence-electron chi connectivity index (χ0n) is 10.5. The monoisotopic (exact) mass is 298 g/mol. The zero-order chi connectivity index (χ0) is 14.9. The Balaban J connectivity index is 2.44. The number of hydrogen-bond donors (Lipinski definition) is 1. The third kappa shape index (κ3) is 2.69. The van der Waals surface area contributed by atoms with Crippen LogP contribution in [-0.2, 0) is 9.59 Å². The lowest BCUT2D eigenvalue weighted by atomic mass is 10.1. The van der Waals surface area contributed by atoms with Crippen molar-refractivity contribution in [3.63, 3.8) is 0 Å². The lowest BCUT2D eigenvalue weighted by Crippen LogP contribution is -2.58. The molecule has 20 heavy (non-hydrogen) atoms. The van der Waals surface area contributed by atoms with Crippen LogP contribution in [0, 0.1) is 10.1 Å². The van der Waals surface area contributed by atoms with Crippen LogP contribution in [0.15, 0.2) is 12.1 Å². The predicted octanol–water partition coefficient (Wildman–Crippen LogP) is 0.885. The maximum Gasteiger partial charge on any atom is 0.276 e. The second kappa shape index (κ2) is 5.41. The third-order valence-electron chi connectivity index (χ3n) is 2.91. The Morgan fingerprint density at radius 2 is 2.25 bits per heavy atom. The van der Waals surface area contributed by atoms with Crippen molar-refractivity contribution in [1.29, 1.82) is 0 Å². The molecule has 0 saturated carbocycles. The van der Waals surface area contributed by atoms with E-state index in [9.17, 15) is 19.7 Å². The fraction of sp³-hybridized carbons (Fsp3) is 0.364. The lowest BCUT2D eigenvalue weighted by molar-refractivity contribution is -0.384. The first-order valence-corrected chi connectivity index (χ1v) is 6.22. The summed E-state index contributed by atoms with van der Waals surface area (Å²) in [6.45, 7) is 1.67. The highest BCUT2D eigenvalue weighted by molar-refractivity contribution is 6.29. The van der Waals surface area contributed by atoms with E-state index in [-0.39, 0.29) is 23.2 Å². The van der Waals surface area contributed by atoms with Gasteiger partial charge in [0.1, 0.15) is 17.0 Å². The molecule has 1 aliphatic heterocycles. The number of pyridine rings is 1. The van der Waals surface area contributed by atoms with Crippen molar-refractivity contribution in [3.8, 4) is 0 Å². The molecule has 2 amide bonds. The van der Waals surface area contributed by atoms with E-state index >= 15 is 0 Å². The number of nitro groups is 1. The first-order chi connectivity index (χ1) is 9.42. The highest BCUT2D eigenvalue weighted by Gasteiger charge is 2.34. The molecular formula is C11H11ClN4O4. The maximum absolute atomic E-state index is 11.8. The molecule has 1 saturated heterocycles. The van der Waals surface area contributed by atoms with E-state index in [0.29, 0.717) is 6.42 Å². The Kier molecular flexibility index (Phi) is 3.84. The summed E-state index contributed by atoms with van der Waals surface area (Å²) in [6, 6.07) is 1.69. The van der Waals surface area contributed by atoms with Gasteiger partial charge in [-0.05, 0) is 6.42 Å². The number of carbonyl (C=O) groups excluding carboxylic acids is 2. The van der Waals surface area contributed by atoms with Crippen molar-refractivity contribution >= 4 is 34.9 Å². The number of piperazine rings is 1. The summed E-state index contributed by atoms with van der Waals surface area (Å²) >= 11 is 5.75. The minimum absolute atomic E-state index is 0.0671. The molecule has 1 N–H and O–H groups in total. The fourth-order valence-electron chi connectivity index (χ4n) is 2.04. The molecule has 0 aliphatic carbocycles. The number of imide groups is 1. The summed E-state index contributed by atoms with van der Waals surface area (Å²) in [4.78, 5) is 38.8. The highest BCUT2D eigenvalue weighted by Crippen LogP contribution is 2.26. The Labute approximate surface area is 118 Å². The molecule has 8 nitrogen and oxygen atoms in total. The molecule has 1 unspecified atom stereocenters. The van der Waals surface area contributed by atoms with Crippen LogP contribution in [0.4, 0.5) is 11.5 Å². The molecule has 2 rings (SSSR count). The molecule has 0 aromatic carbocycles. The Morgan fingerprint density at radius 3 is 2.85 bits per heavy atom. The standard InChI is InChI=1S/C11H11ClN4O4/c1-2-7-11(18)14-10(17)5-15(7)9-4-6(16(19)20)3-8(12)13-9/h3-4,7H,2,5H2,1H3,(H,14,17,18). The molecule has 2 heterocycles. The summed E-state index contributed by atoms with van der Waals surface area (Å²) in [6.07, 6.45) is 0.432. The number of rotatable bonds is 3. The van der Waals surface area contributed by atoms with Crippen LogP contribution in [0.1, 0.15) is 13.3 Å². The second-order valence-electron chi connectivity index (χ2n) is 4.23. The van der Waals surface area contributed by atoms with Crippen molar-refractivity contribution in [1.82, 2.24) is 10.3 Å². The van der Waals surface area contributed by atoms with E-state index in [0.717, 1.165) is 6.07 Å². The molecule has 1 aromatic rings. The number of amides is 2. The van der Waals surface area contributed by atoms with Gasteiger partial charge in [0.25, 0.3) is 5.69 Å². The quantitative estimate of drug-likeness (QED) is 0.384. The number of halogens is 1. The number of anilines is 1. The highest BCUT2D eigenvalue weighted by atomic mass is 35.5. The van der Waals surface area contributed by atoms with Gasteiger partial charge in [-0.2, -0.15) is 0 Å². The summed E-state index contributed by atoms with van der Waals surface area (Å²) in [7, 11) is 0. The van der Waals surface area contributed by atoms with Crippen LogP contribution in [0.3, 0.4) is 0 Å². The molecule has 1 atom stereocenters. The van der Waals surface area contributed by atoms with Crippen molar-refractivity contribution in [3.05, 3.63) is 27.4 Å². The van der Waals surface area contributed by atoms with Gasteiger partial charge < -0.3 is 4.90 Å². The number of hydrogen-bond acceptors (Lipinski definition) is 6. The molecular weight excluding hydrogens is 288 g/mol. The Morgan fingerprint density at radius 1 is 1.55 bits per heavy atom. The van der Waals surface area contributed by atoms with Gasteiger partial charge in [-0.3, -0.25) is 25.0 Å². The summed E-state index contributed by atoms with van der Waals surface area (Å²) in [5.74, 6) is -0.795. The van der Waals surface area contributed by atoms with Gasteiger partial charge >= 0.3 is 0 Å². The molecule has 106 valence electrons. The number of aromatic nitrogens is 1. The topological polar surface area (TPSA) is 105 Å². The fourth-order valence-corrected chi connectivity index (χ4v) is 2.23. The third-order valence-corrected chi connectivity index (χ3v) is 3.11. The van der Waals surface area contributed by atoms with Crippen LogP contribution in [0.25, 0.3) is 0 Å². The maximum atomic E-state index is 11.8. The van der Waals surface area contributed by atoms with Gasteiger partial charge in [-0.15, -0.1) is 0 Å². The smallest absolute Gasteiger partial charge is 0.276 e. The minimum Gasteiger partial charge on any atom is -0.335 e. The van der Waals surface area contributed by atoms with Crippen LogP contribution in [0.2, 0.25) is 5.15 Å². The molecule has 1 fully saturated rings. The van der Waals surface area contributed by atoms with E-state index in [2.05, 4.69) is 10.3 Å². The first-order valence-electron chi connectivity index (χ1n) is 5.84. The SMILES string of the molecule is CCC1C(=O)NC(=O)CN1c1cc([N+](=O)[O-])cc(Cl)n1. The second-order valence-corrected chi connectivity index (χ2v) is 4.61. The summed E-state index contributed by atoms with van der Waals surface area (Å²) in [5, 5.41) is 13.0. The van der Waals surface area contributed by atoms with Gasteiger partial charge in [0, 0.05) is 0 Å². The molecule has 1 aromatic heterocycles. The van der Waals surface area contributed by atoms with Gasteiger partial charge in [0.2, 0.25) is 11.8 Å². The molecule has 9 heteroatoms. The zero-order valence-corrected chi connectivity index (χ0v) is 11.3. The van der Waals surface area contributed by atoms with Crippen molar-refractivity contribution in [2.24, 2.45) is 0 Å². The van der Waals surface area contributed by atoms with Gasteiger partial charge in [-0.25, -0.2) is 4.98 Å². The van der Waals surface area contributed by atoms with Crippen molar-refractivity contribution in [2.45, 2.75) is 19.4 Å². The normalized spacial score (nSPS) is 18.9. The van der Waals surface area contributed by atoms with Gasteiger partial charge in [0.05, 0.1) is 23.6 Å². The Hall–Kier alpha value is -2.22. The van der Waals surface area contributed by atoms with E-state index in [1.165, 1.54) is 11.0 Å². The van der Waals surface area contributed by atoms with E-state index in [1.54, 1.807) is 6.92 Å². The van der Waals surface area contributed by atoms with E-state index < -0.39 is 22.8 Å². The number of carbonyl (C=O) groups is 2. The van der Waals surface area contributed by atoms with E-state index in [1.807, 2.05) is 0 Å². The van der Waals surface area contributed by atoms with Crippen molar-refractivity contribution in [2.75, 3.05) is 11.4 Å². The lowest BCUT2D eigenvalue weighted by Gasteiger charge is -2.34.